The van der Waals surface area contributed by atoms with Crippen LogP contribution < -0.4 is 4.90 Å². The third kappa shape index (κ3) is 4.95. The van der Waals surface area contributed by atoms with Crippen LogP contribution in [0.15, 0.2) is 48.5 Å². The van der Waals surface area contributed by atoms with Gasteiger partial charge in [0.25, 0.3) is 5.91 Å². The lowest BCUT2D eigenvalue weighted by atomic mass is 10.0. The first kappa shape index (κ1) is 20.7. The van der Waals surface area contributed by atoms with Crippen molar-refractivity contribution in [3.63, 3.8) is 0 Å². The van der Waals surface area contributed by atoms with Gasteiger partial charge in [-0.05, 0) is 43.0 Å². The molecule has 0 bridgehead atoms. The number of para-hydroxylation sites is 1. The van der Waals surface area contributed by atoms with Crippen LogP contribution >= 0.6 is 0 Å². The molecule has 0 saturated carbocycles. The second kappa shape index (κ2) is 9.48. The Bertz CT molecular complexity index is 1070. The molecule has 2 amide bonds. The van der Waals surface area contributed by atoms with Crippen LogP contribution in [0.3, 0.4) is 0 Å². The number of carbonyl (C=O) groups excluding carboxylic acids is 3. The third-order valence-corrected chi connectivity index (χ3v) is 5.44. The molecule has 0 aliphatic carbocycles. The number of nitrogens with zero attached hydrogens (tertiary/aromatic N) is 2. The fourth-order valence-corrected chi connectivity index (χ4v) is 3.78. The van der Waals surface area contributed by atoms with E-state index in [4.69, 9.17) is 4.84 Å². The highest BCUT2D eigenvalue weighted by Crippen LogP contribution is 2.26. The van der Waals surface area contributed by atoms with E-state index in [1.807, 2.05) is 48.5 Å². The Balaban J connectivity index is 1.37. The van der Waals surface area contributed by atoms with Gasteiger partial charge in [-0.15, -0.1) is 0 Å². The standard InChI is InChI=1S/C25H24N2O4/c28-23(12-5-6-14-25(30)31-27-17-7-13-24(27)29)26-18-21-10-2-1-8-19(21)15-16-20-9-3-4-11-22(20)26/h1-4,8-11H,5-7,12-14,17-18H2. The molecule has 158 valence electrons. The highest BCUT2D eigenvalue weighted by atomic mass is 16.7. The van der Waals surface area contributed by atoms with E-state index < -0.39 is 5.97 Å². The van der Waals surface area contributed by atoms with Crippen LogP contribution in [0, 0.1) is 11.8 Å². The lowest BCUT2D eigenvalue weighted by molar-refractivity contribution is -0.192. The zero-order chi connectivity index (χ0) is 21.6. The molecule has 0 atom stereocenters. The number of hydrogen-bond acceptors (Lipinski definition) is 4. The van der Waals surface area contributed by atoms with E-state index in [-0.39, 0.29) is 18.2 Å². The number of benzene rings is 2. The van der Waals surface area contributed by atoms with Crippen molar-refractivity contribution < 1.29 is 19.2 Å². The Morgan fingerprint density at radius 2 is 1.65 bits per heavy atom. The normalized spacial score (nSPS) is 14.6. The Morgan fingerprint density at radius 3 is 2.45 bits per heavy atom. The smallest absolute Gasteiger partial charge is 0.332 e. The minimum atomic E-state index is -0.427. The average molecular weight is 416 g/mol. The Hall–Kier alpha value is -3.59. The largest absolute Gasteiger partial charge is 0.338 e. The van der Waals surface area contributed by atoms with E-state index in [2.05, 4.69) is 11.8 Å². The van der Waals surface area contributed by atoms with Gasteiger partial charge in [0.2, 0.25) is 5.91 Å². The SMILES string of the molecule is O=C(CCCCC(=O)N1Cc2ccccc2C#Cc2ccccc21)ON1CCCC1=O. The number of hydrogen-bond donors (Lipinski definition) is 0. The summed E-state index contributed by atoms with van der Waals surface area (Å²) in [5, 5.41) is 1.14. The highest BCUT2D eigenvalue weighted by molar-refractivity contribution is 5.95. The molecule has 2 aliphatic heterocycles. The van der Waals surface area contributed by atoms with Gasteiger partial charge in [-0.2, -0.15) is 5.06 Å². The van der Waals surface area contributed by atoms with Crippen LogP contribution in [0.5, 0.6) is 0 Å². The molecule has 2 aromatic rings. The molecule has 6 heteroatoms. The van der Waals surface area contributed by atoms with Gasteiger partial charge in [0.1, 0.15) is 0 Å². The van der Waals surface area contributed by atoms with E-state index in [0.717, 1.165) is 27.4 Å². The van der Waals surface area contributed by atoms with Crippen molar-refractivity contribution in [3.8, 4) is 11.8 Å². The van der Waals surface area contributed by atoms with Crippen molar-refractivity contribution in [2.75, 3.05) is 11.4 Å². The minimum absolute atomic E-state index is 0.00552. The molecule has 6 nitrogen and oxygen atoms in total. The van der Waals surface area contributed by atoms with Crippen molar-refractivity contribution in [2.45, 2.75) is 45.1 Å². The van der Waals surface area contributed by atoms with Crippen LogP contribution in [0.4, 0.5) is 5.69 Å². The van der Waals surface area contributed by atoms with Crippen LogP contribution in [-0.2, 0) is 25.8 Å². The second-order valence-electron chi connectivity index (χ2n) is 7.67. The van der Waals surface area contributed by atoms with Gasteiger partial charge in [0.15, 0.2) is 0 Å². The van der Waals surface area contributed by atoms with Crippen LogP contribution in [-0.4, -0.2) is 29.4 Å². The first-order chi connectivity index (χ1) is 15.1. The number of carbonyl (C=O) groups is 3. The Morgan fingerprint density at radius 1 is 0.935 bits per heavy atom. The molecular formula is C25H24N2O4. The van der Waals surface area contributed by atoms with Crippen molar-refractivity contribution in [2.24, 2.45) is 0 Å². The molecule has 4 rings (SSSR count). The van der Waals surface area contributed by atoms with Gasteiger partial charge < -0.3 is 9.74 Å². The van der Waals surface area contributed by atoms with Crippen molar-refractivity contribution in [1.82, 2.24) is 5.06 Å². The van der Waals surface area contributed by atoms with E-state index in [9.17, 15) is 14.4 Å². The molecule has 1 fully saturated rings. The van der Waals surface area contributed by atoms with Gasteiger partial charge in [-0.1, -0.05) is 42.2 Å². The summed E-state index contributed by atoms with van der Waals surface area (Å²) in [4.78, 5) is 43.5. The predicted molar refractivity (Wildman–Crippen MR) is 116 cm³/mol. The summed E-state index contributed by atoms with van der Waals surface area (Å²) in [6, 6.07) is 15.5. The molecule has 2 heterocycles. The monoisotopic (exact) mass is 416 g/mol. The van der Waals surface area contributed by atoms with Gasteiger partial charge >= 0.3 is 5.97 Å². The quantitative estimate of drug-likeness (QED) is 0.533. The Labute approximate surface area is 181 Å². The van der Waals surface area contributed by atoms with Gasteiger partial charge in [0.05, 0.1) is 18.8 Å². The summed E-state index contributed by atoms with van der Waals surface area (Å²) >= 11 is 0. The van der Waals surface area contributed by atoms with Crippen molar-refractivity contribution in [1.29, 1.82) is 0 Å². The van der Waals surface area contributed by atoms with Crippen LogP contribution in [0.25, 0.3) is 0 Å². The molecule has 0 N–H and O–H groups in total. The van der Waals surface area contributed by atoms with Gasteiger partial charge in [0, 0.05) is 30.4 Å². The molecule has 31 heavy (non-hydrogen) atoms. The number of rotatable bonds is 6. The molecule has 2 aromatic carbocycles. The first-order valence-corrected chi connectivity index (χ1v) is 10.6. The van der Waals surface area contributed by atoms with Crippen LogP contribution in [0.2, 0.25) is 0 Å². The van der Waals surface area contributed by atoms with E-state index in [1.54, 1.807) is 4.90 Å². The van der Waals surface area contributed by atoms with E-state index in [0.29, 0.717) is 45.2 Å². The van der Waals surface area contributed by atoms with Crippen molar-refractivity contribution in [3.05, 3.63) is 65.2 Å². The zero-order valence-electron chi connectivity index (χ0n) is 17.3. The number of unbranched alkanes of at least 4 members (excludes halogenated alkanes) is 1. The zero-order valence-corrected chi connectivity index (χ0v) is 17.3. The third-order valence-electron chi connectivity index (χ3n) is 5.44. The van der Waals surface area contributed by atoms with E-state index >= 15 is 0 Å². The average Bonchev–Trinajstić information content (AvgIpc) is 3.17. The Kier molecular flexibility index (Phi) is 6.32. The van der Waals surface area contributed by atoms with Gasteiger partial charge in [-0.3, -0.25) is 9.59 Å². The molecule has 0 aromatic heterocycles. The summed E-state index contributed by atoms with van der Waals surface area (Å²) < 4.78 is 0. The molecule has 0 radical (unpaired) electrons. The van der Waals surface area contributed by atoms with Crippen molar-refractivity contribution >= 4 is 23.5 Å². The molecule has 1 saturated heterocycles. The van der Waals surface area contributed by atoms with Crippen LogP contribution in [0.1, 0.15) is 55.2 Å². The lowest BCUT2D eigenvalue weighted by Crippen LogP contribution is -2.31. The topological polar surface area (TPSA) is 66.9 Å². The predicted octanol–water partition coefficient (Wildman–Crippen LogP) is 3.57. The number of hydroxylamine groups is 2. The summed E-state index contributed by atoms with van der Waals surface area (Å²) in [6.45, 7) is 0.918. The van der Waals surface area contributed by atoms with E-state index in [1.165, 1.54) is 0 Å². The maximum absolute atomic E-state index is 13.1. The molecule has 0 spiro atoms. The maximum Gasteiger partial charge on any atom is 0.332 e. The number of anilines is 1. The molecule has 0 unspecified atom stereocenters. The fourth-order valence-electron chi connectivity index (χ4n) is 3.78. The summed E-state index contributed by atoms with van der Waals surface area (Å²) in [6.07, 6.45) is 2.73. The summed E-state index contributed by atoms with van der Waals surface area (Å²) in [5.41, 5.74) is 3.57. The minimum Gasteiger partial charge on any atom is -0.338 e. The fraction of sp³-hybridized carbons (Fsp3) is 0.320. The second-order valence-corrected chi connectivity index (χ2v) is 7.67. The number of amides is 2. The molecular weight excluding hydrogens is 392 g/mol. The highest BCUT2D eigenvalue weighted by Gasteiger charge is 2.24. The first-order valence-electron chi connectivity index (χ1n) is 10.6. The number of fused-ring (bicyclic) bond motifs is 2. The lowest BCUT2D eigenvalue weighted by Gasteiger charge is -2.26. The molecule has 2 aliphatic rings. The maximum atomic E-state index is 13.1. The summed E-state index contributed by atoms with van der Waals surface area (Å²) in [7, 11) is 0. The summed E-state index contributed by atoms with van der Waals surface area (Å²) in [5.74, 6) is 5.82. The van der Waals surface area contributed by atoms with Gasteiger partial charge in [-0.25, -0.2) is 4.79 Å².